The molecule has 0 spiro atoms. The second-order valence-electron chi connectivity index (χ2n) is 6.01. The van der Waals surface area contributed by atoms with Crippen LogP contribution in [0.25, 0.3) is 0 Å². The van der Waals surface area contributed by atoms with Gasteiger partial charge in [0.1, 0.15) is 0 Å². The number of aryl methyl sites for hydroxylation is 2. The molecule has 1 aromatic heterocycles. The molecule has 6 nitrogen and oxygen atoms in total. The van der Waals surface area contributed by atoms with E-state index in [1.54, 1.807) is 6.92 Å². The second kappa shape index (κ2) is 6.65. The predicted octanol–water partition coefficient (Wildman–Crippen LogP) is 1.76. The van der Waals surface area contributed by atoms with E-state index in [-0.39, 0.29) is 24.8 Å². The number of aromatic nitrogens is 2. The second-order valence-corrected chi connectivity index (χ2v) is 6.45. The largest absolute Gasteiger partial charge is 0.349 e. The van der Waals surface area contributed by atoms with Crippen LogP contribution in [0.3, 0.4) is 0 Å². The van der Waals surface area contributed by atoms with Gasteiger partial charge in [0, 0.05) is 22.7 Å². The number of rotatable bonds is 4. The molecule has 1 heterocycles. The minimum Gasteiger partial charge on any atom is -0.349 e. The van der Waals surface area contributed by atoms with Gasteiger partial charge in [-0.3, -0.25) is 14.6 Å². The van der Waals surface area contributed by atoms with Crippen LogP contribution in [-0.4, -0.2) is 15.9 Å². The van der Waals surface area contributed by atoms with Crippen LogP contribution in [0.5, 0.6) is 0 Å². The summed E-state index contributed by atoms with van der Waals surface area (Å²) in [5, 5.41) is 3.71. The van der Waals surface area contributed by atoms with Gasteiger partial charge in [0.15, 0.2) is 0 Å². The number of carbonyl (C=O) groups excluding carboxylic acids is 1. The fraction of sp³-hybridized carbons (Fsp3) is 0.353. The van der Waals surface area contributed by atoms with Crippen molar-refractivity contribution in [2.45, 2.75) is 38.6 Å². The number of hydrogen-bond acceptors (Lipinski definition) is 3. The summed E-state index contributed by atoms with van der Waals surface area (Å²) in [6, 6.07) is 5.70. The highest BCUT2D eigenvalue weighted by atomic mass is 35.5. The first kappa shape index (κ1) is 16.5. The van der Waals surface area contributed by atoms with Crippen LogP contribution in [0.1, 0.15) is 41.3 Å². The van der Waals surface area contributed by atoms with Crippen LogP contribution in [0.4, 0.5) is 0 Å². The number of nitrogens with one attached hydrogen (secondary N) is 3. The highest BCUT2D eigenvalue weighted by Gasteiger charge is 2.24. The summed E-state index contributed by atoms with van der Waals surface area (Å²) in [6.07, 6.45) is 2.21. The quantitative estimate of drug-likeness (QED) is 0.786. The number of benzene rings is 1. The summed E-state index contributed by atoms with van der Waals surface area (Å²) >= 11 is 5.99. The lowest BCUT2D eigenvalue weighted by Gasteiger charge is -2.14. The fourth-order valence-electron chi connectivity index (χ4n) is 3.17. The van der Waals surface area contributed by atoms with Gasteiger partial charge in [0.25, 0.3) is 5.56 Å². The Morgan fingerprint density at radius 1 is 1.33 bits per heavy atom. The van der Waals surface area contributed by atoms with Crippen LogP contribution < -0.4 is 16.6 Å². The minimum absolute atomic E-state index is 0.0141. The number of carbonyl (C=O) groups is 1. The summed E-state index contributed by atoms with van der Waals surface area (Å²) < 4.78 is 0. The number of aromatic amines is 2. The molecule has 24 heavy (non-hydrogen) atoms. The highest BCUT2D eigenvalue weighted by Crippen LogP contribution is 2.32. The average molecular weight is 348 g/mol. The molecule has 0 bridgehead atoms. The normalized spacial score (nSPS) is 16.0. The molecule has 3 rings (SSSR count). The molecule has 1 atom stereocenters. The smallest absolute Gasteiger partial charge is 0.325 e. The van der Waals surface area contributed by atoms with Crippen molar-refractivity contribution in [2.24, 2.45) is 0 Å². The lowest BCUT2D eigenvalue weighted by molar-refractivity contribution is -0.121. The van der Waals surface area contributed by atoms with E-state index in [4.69, 9.17) is 11.6 Å². The first-order valence-corrected chi connectivity index (χ1v) is 8.21. The van der Waals surface area contributed by atoms with E-state index in [1.807, 2.05) is 18.2 Å². The van der Waals surface area contributed by atoms with Gasteiger partial charge in [-0.15, -0.1) is 0 Å². The molecule has 1 aliphatic carbocycles. The van der Waals surface area contributed by atoms with Gasteiger partial charge in [-0.25, -0.2) is 4.79 Å². The number of H-pyrrole nitrogens is 2. The SMILES string of the molecule is Cc1[nH]c(=O)[nH]c(=O)c1CCC(=O)NC1CCc2cc(Cl)ccc21. The maximum Gasteiger partial charge on any atom is 0.325 e. The van der Waals surface area contributed by atoms with Gasteiger partial charge in [-0.2, -0.15) is 0 Å². The van der Waals surface area contributed by atoms with Gasteiger partial charge in [0.2, 0.25) is 5.91 Å². The summed E-state index contributed by atoms with van der Waals surface area (Å²) in [4.78, 5) is 39.9. The first-order valence-electron chi connectivity index (χ1n) is 7.84. The zero-order chi connectivity index (χ0) is 17.3. The Kier molecular flexibility index (Phi) is 4.57. The molecule has 1 unspecified atom stereocenters. The number of hydrogen-bond donors (Lipinski definition) is 3. The predicted molar refractivity (Wildman–Crippen MR) is 91.4 cm³/mol. The van der Waals surface area contributed by atoms with Gasteiger partial charge < -0.3 is 10.3 Å². The molecule has 126 valence electrons. The Morgan fingerprint density at radius 2 is 2.12 bits per heavy atom. The summed E-state index contributed by atoms with van der Waals surface area (Å²) in [5.41, 5.74) is 2.23. The van der Waals surface area contributed by atoms with E-state index >= 15 is 0 Å². The van der Waals surface area contributed by atoms with Crippen molar-refractivity contribution < 1.29 is 4.79 Å². The number of amides is 1. The molecule has 1 amide bonds. The Hall–Kier alpha value is -2.34. The van der Waals surface area contributed by atoms with Crippen molar-refractivity contribution in [3.8, 4) is 0 Å². The van der Waals surface area contributed by atoms with Crippen LogP contribution in [0.15, 0.2) is 27.8 Å². The maximum atomic E-state index is 12.2. The Labute approximate surface area is 143 Å². The van der Waals surface area contributed by atoms with E-state index in [9.17, 15) is 14.4 Å². The molecule has 7 heteroatoms. The summed E-state index contributed by atoms with van der Waals surface area (Å²) in [6.45, 7) is 1.65. The molecule has 0 saturated heterocycles. The van der Waals surface area contributed by atoms with E-state index < -0.39 is 11.2 Å². The number of fused-ring (bicyclic) bond motifs is 1. The molecule has 0 saturated carbocycles. The molecule has 3 N–H and O–H groups in total. The zero-order valence-electron chi connectivity index (χ0n) is 13.2. The topological polar surface area (TPSA) is 94.8 Å². The third-order valence-corrected chi connectivity index (χ3v) is 4.61. The van der Waals surface area contributed by atoms with E-state index in [0.29, 0.717) is 16.3 Å². The molecule has 2 aromatic rings. The molecular formula is C17H18ClN3O3. The molecule has 0 fully saturated rings. The van der Waals surface area contributed by atoms with Crippen molar-refractivity contribution in [1.29, 1.82) is 0 Å². The molecule has 1 aliphatic rings. The monoisotopic (exact) mass is 347 g/mol. The van der Waals surface area contributed by atoms with Crippen molar-refractivity contribution in [3.05, 3.63) is 66.4 Å². The van der Waals surface area contributed by atoms with Crippen molar-refractivity contribution in [1.82, 2.24) is 15.3 Å². The number of halogens is 1. The summed E-state index contributed by atoms with van der Waals surface area (Å²) in [5.74, 6) is -0.118. The van der Waals surface area contributed by atoms with Gasteiger partial charge in [0.05, 0.1) is 6.04 Å². The lowest BCUT2D eigenvalue weighted by Crippen LogP contribution is -2.30. The fourth-order valence-corrected chi connectivity index (χ4v) is 3.36. The van der Waals surface area contributed by atoms with Crippen LogP contribution in [-0.2, 0) is 17.6 Å². The first-order chi connectivity index (χ1) is 11.4. The Morgan fingerprint density at radius 3 is 2.88 bits per heavy atom. The third-order valence-electron chi connectivity index (χ3n) is 4.37. The summed E-state index contributed by atoms with van der Waals surface area (Å²) in [7, 11) is 0. The Balaban J connectivity index is 1.64. The van der Waals surface area contributed by atoms with Gasteiger partial charge >= 0.3 is 5.69 Å². The highest BCUT2D eigenvalue weighted by molar-refractivity contribution is 6.30. The van der Waals surface area contributed by atoms with Crippen LogP contribution in [0.2, 0.25) is 5.02 Å². The van der Waals surface area contributed by atoms with E-state index in [2.05, 4.69) is 15.3 Å². The van der Waals surface area contributed by atoms with Crippen molar-refractivity contribution in [3.63, 3.8) is 0 Å². The molecule has 0 aliphatic heterocycles. The zero-order valence-corrected chi connectivity index (χ0v) is 14.0. The van der Waals surface area contributed by atoms with Gasteiger partial charge in [-0.1, -0.05) is 17.7 Å². The lowest BCUT2D eigenvalue weighted by atomic mass is 10.1. The molecular weight excluding hydrogens is 330 g/mol. The van der Waals surface area contributed by atoms with Gasteiger partial charge in [-0.05, 0) is 49.4 Å². The van der Waals surface area contributed by atoms with Crippen LogP contribution >= 0.6 is 11.6 Å². The van der Waals surface area contributed by atoms with Crippen molar-refractivity contribution in [2.75, 3.05) is 0 Å². The van der Waals surface area contributed by atoms with E-state index in [0.717, 1.165) is 18.4 Å². The standard InChI is InChI=1S/C17H18ClN3O3/c1-9-12(16(23)21-17(24)19-9)5-7-15(22)20-14-6-2-10-8-11(18)3-4-13(10)14/h3-4,8,14H,2,5-7H2,1H3,(H,20,22)(H2,19,21,23,24). The van der Waals surface area contributed by atoms with Crippen LogP contribution in [0, 0.1) is 6.92 Å². The maximum absolute atomic E-state index is 12.2. The van der Waals surface area contributed by atoms with E-state index in [1.165, 1.54) is 5.56 Å². The van der Waals surface area contributed by atoms with Crippen molar-refractivity contribution >= 4 is 17.5 Å². The average Bonchev–Trinajstić information content (AvgIpc) is 2.88. The Bertz CT molecular complexity index is 901. The molecule has 1 aromatic carbocycles. The third kappa shape index (κ3) is 3.43. The molecule has 0 radical (unpaired) electrons. The minimum atomic E-state index is -0.535.